The SMILES string of the molecule is CC(NC(=O)c1cccc(OCC(N)=O)c1)c1cccc(Cl)c1. The fourth-order valence-electron chi connectivity index (χ4n) is 2.02. The molecule has 1 atom stereocenters. The molecule has 0 fully saturated rings. The van der Waals surface area contributed by atoms with E-state index in [1.54, 1.807) is 36.4 Å². The predicted octanol–water partition coefficient (Wildman–Crippen LogP) is 2.70. The van der Waals surface area contributed by atoms with Crippen molar-refractivity contribution in [2.24, 2.45) is 5.73 Å². The highest BCUT2D eigenvalue weighted by molar-refractivity contribution is 6.30. The lowest BCUT2D eigenvalue weighted by Gasteiger charge is -2.15. The minimum atomic E-state index is -0.575. The first-order valence-electron chi connectivity index (χ1n) is 7.03. The quantitative estimate of drug-likeness (QED) is 0.853. The maximum absolute atomic E-state index is 12.3. The second kappa shape index (κ2) is 7.65. The van der Waals surface area contributed by atoms with Crippen LogP contribution in [0.25, 0.3) is 0 Å². The lowest BCUT2D eigenvalue weighted by Crippen LogP contribution is -2.26. The Labute approximate surface area is 139 Å². The zero-order valence-corrected chi connectivity index (χ0v) is 13.3. The Morgan fingerprint density at radius 3 is 2.65 bits per heavy atom. The fourth-order valence-corrected chi connectivity index (χ4v) is 2.22. The zero-order valence-electron chi connectivity index (χ0n) is 12.6. The van der Waals surface area contributed by atoms with Crippen LogP contribution in [0.15, 0.2) is 48.5 Å². The smallest absolute Gasteiger partial charge is 0.255 e. The monoisotopic (exact) mass is 332 g/mol. The number of hydrogen-bond acceptors (Lipinski definition) is 3. The lowest BCUT2D eigenvalue weighted by atomic mass is 10.1. The topological polar surface area (TPSA) is 81.4 Å². The van der Waals surface area contributed by atoms with Crippen LogP contribution >= 0.6 is 11.6 Å². The van der Waals surface area contributed by atoms with Crippen molar-refractivity contribution in [3.63, 3.8) is 0 Å². The average Bonchev–Trinajstić information content (AvgIpc) is 2.53. The van der Waals surface area contributed by atoms with Gasteiger partial charge in [-0.2, -0.15) is 0 Å². The van der Waals surface area contributed by atoms with Gasteiger partial charge in [-0.05, 0) is 42.8 Å². The first-order chi connectivity index (χ1) is 11.0. The van der Waals surface area contributed by atoms with E-state index in [-0.39, 0.29) is 18.6 Å². The number of amides is 2. The van der Waals surface area contributed by atoms with Gasteiger partial charge in [0, 0.05) is 10.6 Å². The third-order valence-electron chi connectivity index (χ3n) is 3.17. The van der Waals surface area contributed by atoms with Crippen LogP contribution < -0.4 is 15.8 Å². The second-order valence-corrected chi connectivity index (χ2v) is 5.47. The van der Waals surface area contributed by atoms with Gasteiger partial charge in [0.1, 0.15) is 5.75 Å². The summed E-state index contributed by atoms with van der Waals surface area (Å²) >= 11 is 5.96. The number of carbonyl (C=O) groups excluding carboxylic acids is 2. The summed E-state index contributed by atoms with van der Waals surface area (Å²) in [6, 6.07) is 13.7. The van der Waals surface area contributed by atoms with Gasteiger partial charge in [-0.15, -0.1) is 0 Å². The molecule has 0 bridgehead atoms. The third kappa shape index (κ3) is 5.00. The number of carbonyl (C=O) groups is 2. The number of ether oxygens (including phenoxy) is 1. The summed E-state index contributed by atoms with van der Waals surface area (Å²) in [5.74, 6) is -0.414. The number of halogens is 1. The third-order valence-corrected chi connectivity index (χ3v) is 3.41. The van der Waals surface area contributed by atoms with Crippen LogP contribution in [-0.4, -0.2) is 18.4 Å². The summed E-state index contributed by atoms with van der Waals surface area (Å²) in [7, 11) is 0. The highest BCUT2D eigenvalue weighted by Gasteiger charge is 2.12. The van der Waals surface area contributed by atoms with E-state index >= 15 is 0 Å². The van der Waals surface area contributed by atoms with Crippen molar-refractivity contribution in [1.82, 2.24) is 5.32 Å². The molecule has 0 radical (unpaired) electrons. The minimum Gasteiger partial charge on any atom is -0.484 e. The maximum atomic E-state index is 12.3. The summed E-state index contributed by atoms with van der Waals surface area (Å²) in [6.07, 6.45) is 0. The van der Waals surface area contributed by atoms with Gasteiger partial charge < -0.3 is 15.8 Å². The Morgan fingerprint density at radius 1 is 1.22 bits per heavy atom. The van der Waals surface area contributed by atoms with E-state index in [4.69, 9.17) is 22.1 Å². The van der Waals surface area contributed by atoms with E-state index in [9.17, 15) is 9.59 Å². The largest absolute Gasteiger partial charge is 0.484 e. The van der Waals surface area contributed by atoms with Gasteiger partial charge >= 0.3 is 0 Å². The van der Waals surface area contributed by atoms with Crippen molar-refractivity contribution >= 4 is 23.4 Å². The van der Waals surface area contributed by atoms with Crippen LogP contribution in [0.1, 0.15) is 28.9 Å². The van der Waals surface area contributed by atoms with Gasteiger partial charge in [-0.25, -0.2) is 0 Å². The van der Waals surface area contributed by atoms with E-state index in [1.807, 2.05) is 19.1 Å². The number of nitrogens with two attached hydrogens (primary N) is 1. The summed E-state index contributed by atoms with van der Waals surface area (Å²) in [4.78, 5) is 23.0. The second-order valence-electron chi connectivity index (χ2n) is 5.03. The number of rotatable bonds is 6. The molecule has 3 N–H and O–H groups in total. The average molecular weight is 333 g/mol. The van der Waals surface area contributed by atoms with Crippen molar-refractivity contribution in [1.29, 1.82) is 0 Å². The van der Waals surface area contributed by atoms with Gasteiger partial charge in [0.25, 0.3) is 11.8 Å². The molecule has 0 spiro atoms. The molecule has 0 aliphatic rings. The summed E-state index contributed by atoms with van der Waals surface area (Å²) in [5, 5.41) is 3.50. The maximum Gasteiger partial charge on any atom is 0.255 e. The van der Waals surface area contributed by atoms with Gasteiger partial charge in [0.05, 0.1) is 6.04 Å². The van der Waals surface area contributed by atoms with E-state index in [2.05, 4.69) is 5.32 Å². The highest BCUT2D eigenvalue weighted by Crippen LogP contribution is 2.19. The van der Waals surface area contributed by atoms with Crippen molar-refractivity contribution in [3.05, 3.63) is 64.7 Å². The Bertz CT molecular complexity index is 718. The molecule has 2 aromatic rings. The van der Waals surface area contributed by atoms with Gasteiger partial charge in [-0.1, -0.05) is 29.8 Å². The van der Waals surface area contributed by atoms with Gasteiger partial charge in [0.15, 0.2) is 6.61 Å². The molecule has 0 aliphatic carbocycles. The van der Waals surface area contributed by atoms with E-state index in [1.165, 1.54) is 0 Å². The highest BCUT2D eigenvalue weighted by atomic mass is 35.5. The molecule has 2 aromatic carbocycles. The molecular formula is C17H17ClN2O3. The predicted molar refractivity (Wildman–Crippen MR) is 88.5 cm³/mol. The van der Waals surface area contributed by atoms with Gasteiger partial charge in [0.2, 0.25) is 0 Å². The summed E-state index contributed by atoms with van der Waals surface area (Å²) in [6.45, 7) is 1.64. The molecule has 0 saturated carbocycles. The van der Waals surface area contributed by atoms with Crippen molar-refractivity contribution in [2.75, 3.05) is 6.61 Å². The molecule has 0 saturated heterocycles. The molecule has 120 valence electrons. The first kappa shape index (κ1) is 16.8. The normalized spacial score (nSPS) is 11.6. The van der Waals surface area contributed by atoms with Crippen LogP contribution in [0.3, 0.4) is 0 Å². The van der Waals surface area contributed by atoms with Crippen molar-refractivity contribution in [3.8, 4) is 5.75 Å². The molecule has 2 amide bonds. The van der Waals surface area contributed by atoms with E-state index in [0.29, 0.717) is 16.3 Å². The number of hydrogen-bond donors (Lipinski definition) is 2. The number of nitrogens with one attached hydrogen (secondary N) is 1. The Hall–Kier alpha value is -2.53. The Balaban J connectivity index is 2.05. The molecule has 0 aliphatic heterocycles. The van der Waals surface area contributed by atoms with Crippen LogP contribution in [0.2, 0.25) is 5.02 Å². The molecule has 6 heteroatoms. The Kier molecular flexibility index (Phi) is 5.60. The standard InChI is InChI=1S/C17H17ClN2O3/c1-11(12-4-2-6-14(18)8-12)20-17(22)13-5-3-7-15(9-13)23-10-16(19)21/h2-9,11H,10H2,1H3,(H2,19,21)(H,20,22). The van der Waals surface area contributed by atoms with Crippen molar-refractivity contribution < 1.29 is 14.3 Å². The molecule has 0 heterocycles. The van der Waals surface area contributed by atoms with Gasteiger partial charge in [-0.3, -0.25) is 9.59 Å². The molecule has 5 nitrogen and oxygen atoms in total. The number of primary amides is 1. The van der Waals surface area contributed by atoms with Crippen LogP contribution in [0.4, 0.5) is 0 Å². The van der Waals surface area contributed by atoms with E-state index < -0.39 is 5.91 Å². The Morgan fingerprint density at radius 2 is 1.96 bits per heavy atom. The van der Waals surface area contributed by atoms with Crippen LogP contribution in [0.5, 0.6) is 5.75 Å². The lowest BCUT2D eigenvalue weighted by molar-refractivity contribution is -0.119. The zero-order chi connectivity index (χ0) is 16.8. The van der Waals surface area contributed by atoms with E-state index in [0.717, 1.165) is 5.56 Å². The molecule has 0 aromatic heterocycles. The number of benzene rings is 2. The fraction of sp³-hybridized carbons (Fsp3) is 0.176. The summed E-state index contributed by atoms with van der Waals surface area (Å²) < 4.78 is 5.19. The first-order valence-corrected chi connectivity index (χ1v) is 7.41. The molecule has 23 heavy (non-hydrogen) atoms. The van der Waals surface area contributed by atoms with Crippen molar-refractivity contribution in [2.45, 2.75) is 13.0 Å². The molecular weight excluding hydrogens is 316 g/mol. The van der Waals surface area contributed by atoms with Crippen LogP contribution in [-0.2, 0) is 4.79 Å². The molecule has 1 unspecified atom stereocenters. The van der Waals surface area contributed by atoms with Crippen LogP contribution in [0, 0.1) is 0 Å². The summed E-state index contributed by atoms with van der Waals surface area (Å²) in [5.41, 5.74) is 6.37. The minimum absolute atomic E-state index is 0.198. The molecule has 2 rings (SSSR count).